The number of halogens is 2. The summed E-state index contributed by atoms with van der Waals surface area (Å²) in [4.78, 5) is 22.8. The minimum Gasteiger partial charge on any atom is -0.450 e. The number of ether oxygens (including phenoxy) is 2. The second-order valence-electron chi connectivity index (χ2n) is 7.06. The van der Waals surface area contributed by atoms with E-state index in [2.05, 4.69) is 15.3 Å². The van der Waals surface area contributed by atoms with Crippen molar-refractivity contribution in [3.63, 3.8) is 0 Å². The van der Waals surface area contributed by atoms with E-state index in [1.165, 1.54) is 0 Å². The van der Waals surface area contributed by atoms with Gasteiger partial charge in [-0.25, -0.2) is 14.8 Å². The predicted molar refractivity (Wildman–Crippen MR) is 112 cm³/mol. The van der Waals surface area contributed by atoms with Crippen molar-refractivity contribution < 1.29 is 14.3 Å². The molecule has 0 aromatic carbocycles. The molecule has 2 heterocycles. The Morgan fingerprint density at radius 3 is 2.54 bits per heavy atom. The molecule has 2 fully saturated rings. The lowest BCUT2D eigenvalue weighted by Crippen LogP contribution is -2.42. The van der Waals surface area contributed by atoms with E-state index in [-0.39, 0.29) is 43.0 Å². The van der Waals surface area contributed by atoms with Gasteiger partial charge in [0, 0.05) is 50.0 Å². The van der Waals surface area contributed by atoms with Gasteiger partial charge < -0.3 is 25.4 Å². The lowest BCUT2D eigenvalue weighted by atomic mass is 9.78. The number of hydrogen-bond donors (Lipinski definition) is 2. The van der Waals surface area contributed by atoms with Crippen LogP contribution in [0.2, 0.25) is 0 Å². The molecular formula is C18H31Cl2N5O3. The number of methoxy groups -OCH3 is 1. The maximum absolute atomic E-state index is 11.8. The summed E-state index contributed by atoms with van der Waals surface area (Å²) in [5.41, 5.74) is 6.97. The summed E-state index contributed by atoms with van der Waals surface area (Å²) in [6, 6.07) is 2.60. The number of nitrogens with two attached hydrogens (primary N) is 1. The van der Waals surface area contributed by atoms with Crippen molar-refractivity contribution >= 4 is 36.7 Å². The van der Waals surface area contributed by atoms with E-state index in [1.54, 1.807) is 12.0 Å². The molecular weight excluding hydrogens is 405 g/mol. The molecule has 0 atom stereocenters. The van der Waals surface area contributed by atoms with Gasteiger partial charge in [0.25, 0.3) is 0 Å². The minimum absolute atomic E-state index is 0. The van der Waals surface area contributed by atoms with E-state index in [0.717, 1.165) is 37.2 Å². The SMILES string of the molecule is CCOC(=O)N1CCC(Nc2cc(C3CC(N)C3)nc(COC)n2)CC1.Cl.Cl. The van der Waals surface area contributed by atoms with Gasteiger partial charge in [-0.2, -0.15) is 0 Å². The van der Waals surface area contributed by atoms with Crippen LogP contribution in [0.25, 0.3) is 0 Å². The fourth-order valence-electron chi connectivity index (χ4n) is 3.53. The fourth-order valence-corrected chi connectivity index (χ4v) is 3.53. The zero-order chi connectivity index (χ0) is 18.5. The molecule has 2 aliphatic rings. The lowest BCUT2D eigenvalue weighted by Gasteiger charge is -2.33. The topological polar surface area (TPSA) is 103 Å². The maximum Gasteiger partial charge on any atom is 0.409 e. The van der Waals surface area contributed by atoms with Gasteiger partial charge in [-0.15, -0.1) is 24.8 Å². The van der Waals surface area contributed by atoms with E-state index in [4.69, 9.17) is 15.2 Å². The van der Waals surface area contributed by atoms with Gasteiger partial charge in [0.05, 0.1) is 6.61 Å². The van der Waals surface area contributed by atoms with Crippen LogP contribution in [0.5, 0.6) is 0 Å². The standard InChI is InChI=1S/C18H29N5O3.2ClH/c1-3-26-18(24)23-6-4-14(5-7-23)20-16-10-15(12-8-13(19)9-12)21-17(22-16)11-25-2;;/h10,12-14H,3-9,11,19H2,1-2H3,(H,20,21,22);2*1H. The van der Waals surface area contributed by atoms with Gasteiger partial charge >= 0.3 is 6.09 Å². The molecule has 8 nitrogen and oxygen atoms in total. The summed E-state index contributed by atoms with van der Waals surface area (Å²) in [6.45, 7) is 4.01. The number of nitrogens with one attached hydrogen (secondary N) is 1. The predicted octanol–water partition coefficient (Wildman–Crippen LogP) is 2.70. The molecule has 1 aliphatic heterocycles. The average Bonchev–Trinajstić information content (AvgIpc) is 2.60. The second kappa shape index (κ2) is 11.6. The van der Waals surface area contributed by atoms with E-state index < -0.39 is 0 Å². The molecule has 3 N–H and O–H groups in total. The number of anilines is 1. The summed E-state index contributed by atoms with van der Waals surface area (Å²) in [7, 11) is 1.65. The first-order valence-electron chi connectivity index (χ1n) is 9.39. The number of hydrogen-bond acceptors (Lipinski definition) is 7. The van der Waals surface area contributed by atoms with Crippen molar-refractivity contribution in [2.24, 2.45) is 5.73 Å². The Balaban J connectivity index is 0.00000196. The number of piperidine rings is 1. The number of carbonyl (C=O) groups is 1. The molecule has 1 aromatic heterocycles. The van der Waals surface area contributed by atoms with Crippen molar-refractivity contribution in [1.29, 1.82) is 0 Å². The van der Waals surface area contributed by atoms with E-state index in [0.29, 0.717) is 38.0 Å². The molecule has 0 bridgehead atoms. The quantitative estimate of drug-likeness (QED) is 0.707. The van der Waals surface area contributed by atoms with Gasteiger partial charge in [-0.3, -0.25) is 0 Å². The molecule has 160 valence electrons. The number of amides is 1. The molecule has 1 aliphatic carbocycles. The van der Waals surface area contributed by atoms with E-state index in [9.17, 15) is 4.79 Å². The number of aromatic nitrogens is 2. The monoisotopic (exact) mass is 435 g/mol. The molecule has 0 radical (unpaired) electrons. The first kappa shape index (κ1) is 24.7. The Bertz CT molecular complexity index is 623. The van der Waals surface area contributed by atoms with Crippen LogP contribution in [0.3, 0.4) is 0 Å². The Hall–Kier alpha value is -1.35. The van der Waals surface area contributed by atoms with Crippen LogP contribution in [0.1, 0.15) is 50.0 Å². The highest BCUT2D eigenvalue weighted by Crippen LogP contribution is 2.35. The minimum atomic E-state index is -0.223. The number of carbonyl (C=O) groups excluding carboxylic acids is 1. The number of rotatable bonds is 6. The van der Waals surface area contributed by atoms with Crippen LogP contribution < -0.4 is 11.1 Å². The fraction of sp³-hybridized carbons (Fsp3) is 0.722. The van der Waals surface area contributed by atoms with Gasteiger partial charge in [0.15, 0.2) is 5.82 Å². The third kappa shape index (κ3) is 6.34. The molecule has 28 heavy (non-hydrogen) atoms. The summed E-state index contributed by atoms with van der Waals surface area (Å²) >= 11 is 0. The first-order chi connectivity index (χ1) is 12.6. The largest absolute Gasteiger partial charge is 0.450 e. The van der Waals surface area contributed by atoms with E-state index >= 15 is 0 Å². The third-order valence-corrected chi connectivity index (χ3v) is 5.03. The molecule has 1 saturated carbocycles. The van der Waals surface area contributed by atoms with Crippen LogP contribution in [0, 0.1) is 0 Å². The summed E-state index contributed by atoms with van der Waals surface area (Å²) in [5, 5.41) is 3.51. The molecule has 3 rings (SSSR count). The van der Waals surface area contributed by atoms with Crippen LogP contribution in [0.15, 0.2) is 6.07 Å². The van der Waals surface area contributed by atoms with Crippen molar-refractivity contribution in [2.75, 3.05) is 32.1 Å². The summed E-state index contributed by atoms with van der Waals surface area (Å²) < 4.78 is 10.3. The molecule has 1 amide bonds. The van der Waals surface area contributed by atoms with Crippen LogP contribution in [-0.2, 0) is 16.1 Å². The van der Waals surface area contributed by atoms with Crippen molar-refractivity contribution in [3.8, 4) is 0 Å². The Morgan fingerprint density at radius 2 is 1.96 bits per heavy atom. The third-order valence-electron chi connectivity index (χ3n) is 5.03. The normalized spacial score (nSPS) is 21.8. The van der Waals surface area contributed by atoms with Gasteiger partial charge in [-0.05, 0) is 32.6 Å². The second-order valence-corrected chi connectivity index (χ2v) is 7.06. The highest BCUT2D eigenvalue weighted by molar-refractivity contribution is 5.85. The Labute approximate surface area is 178 Å². The van der Waals surface area contributed by atoms with Crippen LogP contribution in [-0.4, -0.2) is 59.9 Å². The highest BCUT2D eigenvalue weighted by atomic mass is 35.5. The van der Waals surface area contributed by atoms with Crippen molar-refractivity contribution in [1.82, 2.24) is 14.9 Å². The molecule has 1 aromatic rings. The highest BCUT2D eigenvalue weighted by Gasteiger charge is 2.30. The summed E-state index contributed by atoms with van der Waals surface area (Å²) in [6.07, 6.45) is 3.46. The molecule has 0 unspecified atom stereocenters. The van der Waals surface area contributed by atoms with Gasteiger partial charge in [0.2, 0.25) is 0 Å². The zero-order valence-corrected chi connectivity index (χ0v) is 18.1. The number of nitrogens with zero attached hydrogens (tertiary/aromatic N) is 3. The Kier molecular flexibility index (Phi) is 10.2. The first-order valence-corrected chi connectivity index (χ1v) is 9.39. The van der Waals surface area contributed by atoms with Gasteiger partial charge in [0.1, 0.15) is 12.4 Å². The maximum atomic E-state index is 11.8. The smallest absolute Gasteiger partial charge is 0.409 e. The van der Waals surface area contributed by atoms with Crippen LogP contribution in [0.4, 0.5) is 10.6 Å². The van der Waals surface area contributed by atoms with Crippen LogP contribution >= 0.6 is 24.8 Å². The number of likely N-dealkylation sites (tertiary alicyclic amines) is 1. The summed E-state index contributed by atoms with van der Waals surface area (Å²) in [5.74, 6) is 1.93. The zero-order valence-electron chi connectivity index (χ0n) is 16.4. The molecule has 10 heteroatoms. The lowest BCUT2D eigenvalue weighted by molar-refractivity contribution is 0.0983. The molecule has 0 spiro atoms. The van der Waals surface area contributed by atoms with E-state index in [1.807, 2.05) is 13.0 Å². The van der Waals surface area contributed by atoms with Crippen molar-refractivity contribution in [2.45, 2.75) is 57.2 Å². The van der Waals surface area contributed by atoms with Crippen molar-refractivity contribution in [3.05, 3.63) is 17.6 Å². The average molecular weight is 436 g/mol. The van der Waals surface area contributed by atoms with Gasteiger partial charge in [-0.1, -0.05) is 0 Å². The molecule has 1 saturated heterocycles. The Morgan fingerprint density at radius 1 is 1.29 bits per heavy atom.